The van der Waals surface area contributed by atoms with E-state index < -0.39 is 11.8 Å². The minimum atomic E-state index is -0.775. The maximum Gasteiger partial charge on any atom is 0.379 e. The predicted octanol–water partition coefficient (Wildman–Crippen LogP) is 1.85. The Morgan fingerprint density at radius 2 is 2.21 bits per heavy atom. The number of nitrogens with zero attached hydrogens (tertiary/aromatic N) is 1. The van der Waals surface area contributed by atoms with E-state index in [9.17, 15) is 9.59 Å². The minimum absolute atomic E-state index is 0.220. The van der Waals surface area contributed by atoms with Crippen molar-refractivity contribution in [1.82, 2.24) is 4.90 Å². The molecule has 1 aliphatic heterocycles. The molecule has 0 aliphatic carbocycles. The van der Waals surface area contributed by atoms with Gasteiger partial charge in [-0.3, -0.25) is 4.79 Å². The highest BCUT2D eigenvalue weighted by atomic mass is 16.5. The van der Waals surface area contributed by atoms with Gasteiger partial charge < -0.3 is 9.64 Å². The van der Waals surface area contributed by atoms with Gasteiger partial charge >= 0.3 is 5.97 Å². The molecule has 0 aromatic heterocycles. The highest BCUT2D eigenvalue weighted by Gasteiger charge is 2.23. The van der Waals surface area contributed by atoms with Crippen molar-refractivity contribution in [2.75, 3.05) is 26.7 Å². The van der Waals surface area contributed by atoms with E-state index in [4.69, 9.17) is 4.74 Å². The van der Waals surface area contributed by atoms with E-state index >= 15 is 0 Å². The van der Waals surface area contributed by atoms with Gasteiger partial charge in [-0.25, -0.2) is 4.79 Å². The number of rotatable bonds is 4. The number of likely N-dealkylation sites (tertiary alicyclic amines) is 1. The summed E-state index contributed by atoms with van der Waals surface area (Å²) >= 11 is 0. The third-order valence-electron chi connectivity index (χ3n) is 3.47. The Hall–Kier alpha value is -1.68. The Bertz CT molecular complexity index is 484. The van der Waals surface area contributed by atoms with Crippen molar-refractivity contribution in [1.29, 1.82) is 0 Å². The van der Waals surface area contributed by atoms with E-state index in [1.165, 1.54) is 0 Å². The molecule has 1 fully saturated rings. The lowest BCUT2D eigenvalue weighted by molar-refractivity contribution is -0.137. The Kier molecular flexibility index (Phi) is 4.32. The number of hydrogen-bond donors (Lipinski definition) is 0. The van der Waals surface area contributed by atoms with Gasteiger partial charge in [-0.1, -0.05) is 18.2 Å². The van der Waals surface area contributed by atoms with Crippen molar-refractivity contribution in [2.45, 2.75) is 19.3 Å². The van der Waals surface area contributed by atoms with Crippen molar-refractivity contribution in [2.24, 2.45) is 0 Å². The number of carbonyl (C=O) groups is 2. The zero-order chi connectivity index (χ0) is 13.8. The second-order valence-corrected chi connectivity index (χ2v) is 4.92. The van der Waals surface area contributed by atoms with Crippen molar-refractivity contribution in [3.63, 3.8) is 0 Å². The number of Topliss-reactive ketones (excluding diaryl/α,β-unsaturated/α-hetero) is 1. The van der Waals surface area contributed by atoms with Crippen molar-refractivity contribution in [3.8, 4) is 0 Å². The van der Waals surface area contributed by atoms with Crippen LogP contribution in [0.5, 0.6) is 0 Å². The Balaban J connectivity index is 2.15. The van der Waals surface area contributed by atoms with Crippen molar-refractivity contribution in [3.05, 3.63) is 35.4 Å². The molecule has 1 aromatic rings. The van der Waals surface area contributed by atoms with Crippen LogP contribution >= 0.6 is 0 Å². The molecule has 2 rings (SSSR count). The molecule has 0 spiro atoms. The van der Waals surface area contributed by atoms with E-state index in [2.05, 4.69) is 11.9 Å². The molecule has 102 valence electrons. The zero-order valence-electron chi connectivity index (χ0n) is 11.4. The van der Waals surface area contributed by atoms with Crippen LogP contribution in [0.4, 0.5) is 0 Å². The molecule has 1 aliphatic rings. The molecule has 19 heavy (non-hydrogen) atoms. The van der Waals surface area contributed by atoms with Gasteiger partial charge in [0.15, 0.2) is 0 Å². The first-order valence-corrected chi connectivity index (χ1v) is 6.61. The molecule has 1 heterocycles. The number of likely N-dealkylation sites (N-methyl/N-ethyl adjacent to an activating group) is 1. The molecule has 4 nitrogen and oxygen atoms in total. The summed E-state index contributed by atoms with van der Waals surface area (Å²) in [5.74, 6) is -0.891. The Morgan fingerprint density at radius 3 is 2.84 bits per heavy atom. The lowest BCUT2D eigenvalue weighted by atomic mass is 9.95. The molecule has 1 saturated heterocycles. The standard InChI is InChI=1S/C15H19NO3/c1-3-19-15(18)14(17)12-6-4-5-11(9-12)13-7-8-16(2)10-13/h4-6,9,13H,3,7-8,10H2,1-2H3. The van der Waals surface area contributed by atoms with E-state index in [0.717, 1.165) is 25.1 Å². The summed E-state index contributed by atoms with van der Waals surface area (Å²) in [7, 11) is 2.09. The fraction of sp³-hybridized carbons (Fsp3) is 0.467. The van der Waals surface area contributed by atoms with Gasteiger partial charge in [-0.2, -0.15) is 0 Å². The number of hydrogen-bond acceptors (Lipinski definition) is 4. The van der Waals surface area contributed by atoms with Gasteiger partial charge in [0, 0.05) is 12.1 Å². The predicted molar refractivity (Wildman–Crippen MR) is 72.3 cm³/mol. The smallest absolute Gasteiger partial charge is 0.379 e. The molecule has 1 atom stereocenters. The molecule has 1 aromatic carbocycles. The maximum absolute atomic E-state index is 11.9. The SMILES string of the molecule is CCOC(=O)C(=O)c1cccc(C2CCN(C)C2)c1. The highest BCUT2D eigenvalue weighted by Crippen LogP contribution is 2.26. The molecule has 0 N–H and O–H groups in total. The van der Waals surface area contributed by atoms with Gasteiger partial charge in [0.05, 0.1) is 6.61 Å². The van der Waals surface area contributed by atoms with Gasteiger partial charge in [0.25, 0.3) is 5.78 Å². The summed E-state index contributed by atoms with van der Waals surface area (Å²) in [5.41, 5.74) is 1.55. The average molecular weight is 261 g/mol. The normalized spacial score (nSPS) is 19.4. The third-order valence-corrected chi connectivity index (χ3v) is 3.47. The number of benzene rings is 1. The molecular weight excluding hydrogens is 242 g/mol. The van der Waals surface area contributed by atoms with Crippen molar-refractivity contribution < 1.29 is 14.3 Å². The summed E-state index contributed by atoms with van der Waals surface area (Å²) in [6.45, 7) is 3.98. The highest BCUT2D eigenvalue weighted by molar-refractivity contribution is 6.40. The summed E-state index contributed by atoms with van der Waals surface area (Å²) in [6, 6.07) is 7.34. The first-order valence-electron chi connectivity index (χ1n) is 6.61. The summed E-state index contributed by atoms with van der Waals surface area (Å²) in [5, 5.41) is 0. The first-order chi connectivity index (χ1) is 9.11. The lowest BCUT2D eigenvalue weighted by Crippen LogP contribution is -2.18. The molecule has 0 radical (unpaired) electrons. The van der Waals surface area contributed by atoms with Crippen LogP contribution in [-0.4, -0.2) is 43.4 Å². The fourth-order valence-electron chi connectivity index (χ4n) is 2.46. The van der Waals surface area contributed by atoms with Crippen molar-refractivity contribution >= 4 is 11.8 Å². The van der Waals surface area contributed by atoms with Crippen LogP contribution in [0.2, 0.25) is 0 Å². The van der Waals surface area contributed by atoms with E-state index in [-0.39, 0.29) is 6.61 Å². The Morgan fingerprint density at radius 1 is 1.42 bits per heavy atom. The summed E-state index contributed by atoms with van der Waals surface area (Å²) < 4.78 is 4.74. The van der Waals surface area contributed by atoms with Crippen LogP contribution in [-0.2, 0) is 9.53 Å². The average Bonchev–Trinajstić information content (AvgIpc) is 2.85. The van der Waals surface area contributed by atoms with Crippen LogP contribution in [0.15, 0.2) is 24.3 Å². The van der Waals surface area contributed by atoms with E-state index in [1.54, 1.807) is 13.0 Å². The fourth-order valence-corrected chi connectivity index (χ4v) is 2.46. The first kappa shape index (κ1) is 13.7. The van der Waals surface area contributed by atoms with Gasteiger partial charge in [0.2, 0.25) is 0 Å². The second kappa shape index (κ2) is 5.97. The van der Waals surface area contributed by atoms with Gasteiger partial charge in [-0.15, -0.1) is 0 Å². The summed E-state index contributed by atoms with van der Waals surface area (Å²) in [6.07, 6.45) is 1.09. The van der Waals surface area contributed by atoms with E-state index in [0.29, 0.717) is 11.5 Å². The molecular formula is C15H19NO3. The molecule has 0 amide bonds. The minimum Gasteiger partial charge on any atom is -0.460 e. The largest absolute Gasteiger partial charge is 0.460 e. The maximum atomic E-state index is 11.9. The lowest BCUT2D eigenvalue weighted by Gasteiger charge is -2.11. The quantitative estimate of drug-likeness (QED) is 0.471. The van der Waals surface area contributed by atoms with Gasteiger partial charge in [-0.05, 0) is 44.5 Å². The number of ketones is 1. The molecule has 0 saturated carbocycles. The van der Waals surface area contributed by atoms with Gasteiger partial charge in [0.1, 0.15) is 0 Å². The number of carbonyl (C=O) groups excluding carboxylic acids is 2. The van der Waals surface area contributed by atoms with Crippen LogP contribution in [0, 0.1) is 0 Å². The third kappa shape index (κ3) is 3.20. The van der Waals surface area contributed by atoms with E-state index in [1.807, 2.05) is 18.2 Å². The summed E-state index contributed by atoms with van der Waals surface area (Å²) in [4.78, 5) is 25.6. The number of esters is 1. The molecule has 1 unspecified atom stereocenters. The molecule has 4 heteroatoms. The number of ether oxygens (including phenoxy) is 1. The zero-order valence-corrected chi connectivity index (χ0v) is 11.4. The van der Waals surface area contributed by atoms with Crippen LogP contribution < -0.4 is 0 Å². The topological polar surface area (TPSA) is 46.6 Å². The van der Waals surface area contributed by atoms with Crippen LogP contribution in [0.25, 0.3) is 0 Å². The molecule has 0 bridgehead atoms. The second-order valence-electron chi connectivity index (χ2n) is 4.92. The Labute approximate surface area is 113 Å². The van der Waals surface area contributed by atoms with Crippen LogP contribution in [0.1, 0.15) is 35.2 Å². The monoisotopic (exact) mass is 261 g/mol. The van der Waals surface area contributed by atoms with Crippen LogP contribution in [0.3, 0.4) is 0 Å².